The van der Waals surface area contributed by atoms with Gasteiger partial charge in [-0.25, -0.2) is 0 Å². The van der Waals surface area contributed by atoms with Gasteiger partial charge in [-0.05, 0) is 44.1 Å². The summed E-state index contributed by atoms with van der Waals surface area (Å²) in [5.74, 6) is 1.65. The molecule has 3 nitrogen and oxygen atoms in total. The van der Waals surface area contributed by atoms with Crippen LogP contribution in [0.2, 0.25) is 0 Å². The predicted molar refractivity (Wildman–Crippen MR) is 79.3 cm³/mol. The number of aromatic nitrogens is 3. The number of nitrogens with zero attached hydrogens (tertiary/aromatic N) is 2. The molecule has 1 aliphatic carbocycles. The molecule has 1 fully saturated rings. The van der Waals surface area contributed by atoms with E-state index in [1.807, 2.05) is 0 Å². The maximum atomic E-state index is 5.40. The van der Waals surface area contributed by atoms with E-state index in [2.05, 4.69) is 46.0 Å². The Morgan fingerprint density at radius 2 is 1.84 bits per heavy atom. The van der Waals surface area contributed by atoms with Crippen molar-refractivity contribution in [1.82, 2.24) is 14.8 Å². The van der Waals surface area contributed by atoms with Crippen LogP contribution in [0.15, 0.2) is 24.3 Å². The molecule has 0 unspecified atom stereocenters. The molecule has 0 atom stereocenters. The average molecular weight is 273 g/mol. The Balaban J connectivity index is 2.02. The van der Waals surface area contributed by atoms with Crippen molar-refractivity contribution in [1.29, 1.82) is 0 Å². The van der Waals surface area contributed by atoms with E-state index in [0.29, 0.717) is 10.7 Å². The van der Waals surface area contributed by atoms with Crippen LogP contribution in [0.3, 0.4) is 0 Å². The largest absolute Gasteiger partial charge is 0.272 e. The summed E-state index contributed by atoms with van der Waals surface area (Å²) in [5.41, 5.74) is 2.38. The fourth-order valence-electron chi connectivity index (χ4n) is 2.89. The Kier molecular flexibility index (Phi) is 3.51. The fourth-order valence-corrected chi connectivity index (χ4v) is 3.13. The fraction of sp³-hybridized carbons (Fsp3) is 0.467. The Labute approximate surface area is 118 Å². The highest BCUT2D eigenvalue weighted by Gasteiger charge is 2.21. The SMILES string of the molecule is Cc1ccc(-n2c(C3CCCCC3)n[nH]c2=S)cc1. The summed E-state index contributed by atoms with van der Waals surface area (Å²) < 4.78 is 2.80. The van der Waals surface area contributed by atoms with Crippen LogP contribution in [-0.4, -0.2) is 14.8 Å². The van der Waals surface area contributed by atoms with Crippen molar-refractivity contribution in [3.8, 4) is 5.69 Å². The maximum absolute atomic E-state index is 5.40. The minimum absolute atomic E-state index is 0.544. The van der Waals surface area contributed by atoms with Crippen LogP contribution in [0, 0.1) is 11.7 Å². The quantitative estimate of drug-likeness (QED) is 0.828. The Hall–Kier alpha value is -1.42. The lowest BCUT2D eigenvalue weighted by atomic mass is 9.88. The van der Waals surface area contributed by atoms with Gasteiger partial charge in [-0.1, -0.05) is 37.0 Å². The third-order valence-corrected chi connectivity index (χ3v) is 4.23. The molecule has 0 amide bonds. The molecule has 0 spiro atoms. The van der Waals surface area contributed by atoms with E-state index in [-0.39, 0.29) is 0 Å². The lowest BCUT2D eigenvalue weighted by molar-refractivity contribution is 0.424. The molecule has 3 rings (SSSR count). The molecule has 100 valence electrons. The van der Waals surface area contributed by atoms with Gasteiger partial charge >= 0.3 is 0 Å². The maximum Gasteiger partial charge on any atom is 0.199 e. The first kappa shape index (κ1) is 12.6. The molecule has 1 heterocycles. The number of aryl methyl sites for hydroxylation is 1. The number of H-pyrrole nitrogens is 1. The lowest BCUT2D eigenvalue weighted by Crippen LogP contribution is -2.11. The summed E-state index contributed by atoms with van der Waals surface area (Å²) in [6, 6.07) is 8.48. The minimum atomic E-state index is 0.544. The van der Waals surface area contributed by atoms with E-state index >= 15 is 0 Å². The normalized spacial score (nSPS) is 16.7. The van der Waals surface area contributed by atoms with Crippen LogP contribution >= 0.6 is 12.2 Å². The number of benzene rings is 1. The van der Waals surface area contributed by atoms with E-state index in [1.54, 1.807) is 0 Å². The number of hydrogen-bond acceptors (Lipinski definition) is 2. The molecule has 1 N–H and O–H groups in total. The first-order valence-corrected chi connectivity index (χ1v) is 7.41. The van der Waals surface area contributed by atoms with Gasteiger partial charge < -0.3 is 0 Å². The van der Waals surface area contributed by atoms with Gasteiger partial charge in [0.2, 0.25) is 0 Å². The third kappa shape index (κ3) is 2.50. The smallest absolute Gasteiger partial charge is 0.199 e. The van der Waals surface area contributed by atoms with Gasteiger partial charge in [0.05, 0.1) is 0 Å². The summed E-state index contributed by atoms with van der Waals surface area (Å²) in [6.45, 7) is 2.10. The van der Waals surface area contributed by atoms with Crippen molar-refractivity contribution in [3.05, 3.63) is 40.4 Å². The Morgan fingerprint density at radius 1 is 1.16 bits per heavy atom. The lowest BCUT2D eigenvalue weighted by Gasteiger charge is -2.21. The monoisotopic (exact) mass is 273 g/mol. The standard InChI is InChI=1S/C15H19N3S/c1-11-7-9-13(10-8-11)18-14(16-17-15(18)19)12-5-3-2-4-6-12/h7-10,12H,2-6H2,1H3,(H,17,19). The van der Waals surface area contributed by atoms with Crippen LogP contribution < -0.4 is 0 Å². The molecule has 0 bridgehead atoms. The second-order valence-electron chi connectivity index (χ2n) is 5.39. The van der Waals surface area contributed by atoms with E-state index in [4.69, 9.17) is 12.2 Å². The first-order chi connectivity index (χ1) is 9.25. The molecule has 2 aromatic rings. The highest BCUT2D eigenvalue weighted by molar-refractivity contribution is 7.71. The highest BCUT2D eigenvalue weighted by atomic mass is 32.1. The summed E-state index contributed by atoms with van der Waals surface area (Å²) in [4.78, 5) is 0. The van der Waals surface area contributed by atoms with Crippen molar-refractivity contribution in [3.63, 3.8) is 0 Å². The molecule has 1 saturated carbocycles. The molecular formula is C15H19N3S. The number of aromatic amines is 1. The van der Waals surface area contributed by atoms with Crippen LogP contribution in [0.25, 0.3) is 5.69 Å². The molecule has 0 aliphatic heterocycles. The summed E-state index contributed by atoms with van der Waals surface area (Å²) in [5, 5.41) is 7.45. The van der Waals surface area contributed by atoms with Gasteiger partial charge in [0.25, 0.3) is 0 Å². The first-order valence-electron chi connectivity index (χ1n) is 7.00. The zero-order valence-electron chi connectivity index (χ0n) is 11.2. The molecule has 0 saturated heterocycles. The van der Waals surface area contributed by atoms with E-state index in [1.165, 1.54) is 37.7 Å². The van der Waals surface area contributed by atoms with Gasteiger partial charge in [0, 0.05) is 11.6 Å². The van der Waals surface area contributed by atoms with Crippen LogP contribution in [0.4, 0.5) is 0 Å². The van der Waals surface area contributed by atoms with E-state index < -0.39 is 0 Å². The molecule has 4 heteroatoms. The van der Waals surface area contributed by atoms with Crippen LogP contribution in [0.5, 0.6) is 0 Å². The topological polar surface area (TPSA) is 33.6 Å². The molecular weight excluding hydrogens is 254 g/mol. The summed E-state index contributed by atoms with van der Waals surface area (Å²) >= 11 is 5.40. The number of rotatable bonds is 2. The minimum Gasteiger partial charge on any atom is -0.272 e. The molecule has 1 aromatic carbocycles. The van der Waals surface area contributed by atoms with Gasteiger partial charge in [0.1, 0.15) is 5.82 Å². The Morgan fingerprint density at radius 3 is 2.53 bits per heavy atom. The van der Waals surface area contributed by atoms with Crippen molar-refractivity contribution < 1.29 is 0 Å². The van der Waals surface area contributed by atoms with Crippen molar-refractivity contribution >= 4 is 12.2 Å². The second kappa shape index (κ2) is 5.29. The van der Waals surface area contributed by atoms with E-state index in [0.717, 1.165) is 11.5 Å². The van der Waals surface area contributed by atoms with Gasteiger partial charge in [-0.2, -0.15) is 5.10 Å². The average Bonchev–Trinajstić information content (AvgIpc) is 2.83. The molecule has 0 radical (unpaired) electrons. The third-order valence-electron chi connectivity index (χ3n) is 3.96. The van der Waals surface area contributed by atoms with E-state index in [9.17, 15) is 0 Å². The summed E-state index contributed by atoms with van der Waals surface area (Å²) in [6.07, 6.45) is 6.42. The predicted octanol–water partition coefficient (Wildman–Crippen LogP) is 4.29. The van der Waals surface area contributed by atoms with Crippen LogP contribution in [0.1, 0.15) is 49.4 Å². The summed E-state index contributed by atoms with van der Waals surface area (Å²) in [7, 11) is 0. The van der Waals surface area contributed by atoms with Gasteiger partial charge in [-0.3, -0.25) is 9.67 Å². The van der Waals surface area contributed by atoms with Crippen molar-refractivity contribution in [2.24, 2.45) is 0 Å². The number of hydrogen-bond donors (Lipinski definition) is 1. The van der Waals surface area contributed by atoms with Crippen LogP contribution in [-0.2, 0) is 0 Å². The zero-order chi connectivity index (χ0) is 13.2. The molecule has 1 aliphatic rings. The Bertz CT molecular complexity index is 603. The second-order valence-corrected chi connectivity index (χ2v) is 5.78. The molecule has 19 heavy (non-hydrogen) atoms. The van der Waals surface area contributed by atoms with Crippen molar-refractivity contribution in [2.75, 3.05) is 0 Å². The van der Waals surface area contributed by atoms with Crippen molar-refractivity contribution in [2.45, 2.75) is 44.9 Å². The molecule has 1 aromatic heterocycles. The number of nitrogens with one attached hydrogen (secondary N) is 1. The highest BCUT2D eigenvalue weighted by Crippen LogP contribution is 2.32. The zero-order valence-corrected chi connectivity index (χ0v) is 12.0. The van der Waals surface area contributed by atoms with Gasteiger partial charge in [0.15, 0.2) is 4.77 Å². The van der Waals surface area contributed by atoms with Gasteiger partial charge in [-0.15, -0.1) is 0 Å².